The number of methoxy groups -OCH3 is 1. The van der Waals surface area contributed by atoms with E-state index in [9.17, 15) is 14.7 Å². The van der Waals surface area contributed by atoms with Crippen molar-refractivity contribution < 1.29 is 24.2 Å². The minimum Gasteiger partial charge on any atom is -0.507 e. The van der Waals surface area contributed by atoms with Crippen LogP contribution in [0.3, 0.4) is 0 Å². The number of hydrogen-bond donors (Lipinski definition) is 1. The summed E-state index contributed by atoms with van der Waals surface area (Å²) < 4.78 is 11.2. The molecule has 6 heteroatoms. The van der Waals surface area contributed by atoms with Gasteiger partial charge in [-0.15, -0.1) is 0 Å². The third-order valence-electron chi connectivity index (χ3n) is 5.67. The third-order valence-corrected chi connectivity index (χ3v) is 5.90. The Morgan fingerprint density at radius 3 is 2.40 bits per heavy atom. The summed E-state index contributed by atoms with van der Waals surface area (Å²) in [5.41, 5.74) is 2.47. The quantitative estimate of drug-likeness (QED) is 0.369. The average Bonchev–Trinajstić information content (AvgIpc) is 2.64. The second-order valence-corrected chi connectivity index (χ2v) is 8.46. The molecule has 1 N–H and O–H groups in total. The highest BCUT2D eigenvalue weighted by atomic mass is 35.5. The van der Waals surface area contributed by atoms with Crippen molar-refractivity contribution in [2.24, 2.45) is 5.41 Å². The lowest BCUT2D eigenvalue weighted by molar-refractivity contribution is -0.142. The van der Waals surface area contributed by atoms with Crippen LogP contribution in [0.4, 0.5) is 0 Å². The summed E-state index contributed by atoms with van der Waals surface area (Å²) in [7, 11) is 1.58. The van der Waals surface area contributed by atoms with E-state index in [4.69, 9.17) is 21.1 Å². The highest BCUT2D eigenvalue weighted by molar-refractivity contribution is 6.31. The van der Waals surface area contributed by atoms with Gasteiger partial charge in [0.05, 0.1) is 23.3 Å². The van der Waals surface area contributed by atoms with Gasteiger partial charge in [-0.3, -0.25) is 4.79 Å². The molecule has 0 radical (unpaired) electrons. The lowest BCUT2D eigenvalue weighted by Crippen LogP contribution is -2.40. The number of carbonyl (C=O) groups excluding carboxylic acids is 2. The molecular weight excluding hydrogens is 404 g/mol. The zero-order valence-corrected chi connectivity index (χ0v) is 19.3. The van der Waals surface area contributed by atoms with Gasteiger partial charge in [0.15, 0.2) is 5.78 Å². The van der Waals surface area contributed by atoms with E-state index in [0.717, 1.165) is 16.7 Å². The Kier molecular flexibility index (Phi) is 7.32. The maximum atomic E-state index is 12.7. The van der Waals surface area contributed by atoms with Gasteiger partial charge in [0.2, 0.25) is 0 Å². The molecule has 2 unspecified atom stereocenters. The first-order chi connectivity index (χ1) is 13.9. The van der Waals surface area contributed by atoms with E-state index in [2.05, 4.69) is 0 Å². The standard InChI is InChI=1S/C24H29ClO5/c1-13(2)30-23(28)21-14(3)16(5)24(6,22(29-7)15(21)4)11-10-19(26)18-9-8-17(25)12-20(18)27/h8-13,22,27H,1-7H3. The number of benzene rings is 1. The molecule has 0 saturated heterocycles. The summed E-state index contributed by atoms with van der Waals surface area (Å²) in [5.74, 6) is -0.903. The van der Waals surface area contributed by atoms with E-state index < -0.39 is 11.5 Å². The van der Waals surface area contributed by atoms with Crippen LogP contribution in [0.2, 0.25) is 5.02 Å². The summed E-state index contributed by atoms with van der Waals surface area (Å²) in [6.07, 6.45) is 2.50. The Labute approximate surface area is 183 Å². The van der Waals surface area contributed by atoms with Crippen molar-refractivity contribution in [2.45, 2.75) is 53.8 Å². The number of halogens is 1. The van der Waals surface area contributed by atoms with Crippen LogP contribution in [0.25, 0.3) is 0 Å². The number of rotatable bonds is 6. The normalized spacial score (nSPS) is 22.2. The highest BCUT2D eigenvalue weighted by Gasteiger charge is 2.42. The maximum absolute atomic E-state index is 12.7. The van der Waals surface area contributed by atoms with Crippen LogP contribution < -0.4 is 0 Å². The molecule has 5 nitrogen and oxygen atoms in total. The van der Waals surface area contributed by atoms with Gasteiger partial charge in [0, 0.05) is 17.5 Å². The molecule has 0 fully saturated rings. The van der Waals surface area contributed by atoms with Gasteiger partial charge >= 0.3 is 5.97 Å². The van der Waals surface area contributed by atoms with E-state index in [1.165, 1.54) is 18.2 Å². The summed E-state index contributed by atoms with van der Waals surface area (Å²) >= 11 is 5.85. The first kappa shape index (κ1) is 23.9. The van der Waals surface area contributed by atoms with E-state index in [1.54, 1.807) is 33.1 Å². The predicted octanol–water partition coefficient (Wildman–Crippen LogP) is 5.42. The molecule has 0 aliphatic heterocycles. The van der Waals surface area contributed by atoms with Crippen LogP contribution in [0, 0.1) is 5.41 Å². The number of carbonyl (C=O) groups is 2. The zero-order chi connectivity index (χ0) is 22.8. The Bertz CT molecular complexity index is 954. The van der Waals surface area contributed by atoms with Crippen LogP contribution in [-0.4, -0.2) is 36.2 Å². The SMILES string of the molecule is COC1C(C)=C(C(=O)OC(C)C)C(C)=C(C)C1(C)C=CC(=O)c1ccc(Cl)cc1O. The maximum Gasteiger partial charge on any atom is 0.338 e. The highest BCUT2D eigenvalue weighted by Crippen LogP contribution is 2.46. The number of phenols is 1. The molecule has 1 aliphatic rings. The van der Waals surface area contributed by atoms with Crippen LogP contribution >= 0.6 is 11.6 Å². The molecule has 1 aromatic carbocycles. The molecule has 0 heterocycles. The number of phenolic OH excluding ortho intramolecular Hbond substituents is 1. The fraction of sp³-hybridized carbons (Fsp3) is 0.417. The lowest BCUT2D eigenvalue weighted by Gasteiger charge is -2.41. The second-order valence-electron chi connectivity index (χ2n) is 8.02. The summed E-state index contributed by atoms with van der Waals surface area (Å²) in [6, 6.07) is 4.37. The molecule has 0 bridgehead atoms. The van der Waals surface area contributed by atoms with Crippen molar-refractivity contribution >= 4 is 23.4 Å². The monoisotopic (exact) mass is 432 g/mol. The molecule has 162 valence electrons. The first-order valence-electron chi connectivity index (χ1n) is 9.79. The number of aromatic hydroxyl groups is 1. The summed E-state index contributed by atoms with van der Waals surface area (Å²) in [4.78, 5) is 25.4. The molecule has 0 amide bonds. The first-order valence-corrected chi connectivity index (χ1v) is 10.2. The number of ether oxygens (including phenoxy) is 2. The molecular formula is C24H29ClO5. The van der Waals surface area contributed by atoms with E-state index in [1.807, 2.05) is 27.7 Å². The lowest BCUT2D eigenvalue weighted by atomic mass is 9.67. The Morgan fingerprint density at radius 1 is 1.23 bits per heavy atom. The van der Waals surface area contributed by atoms with Crippen molar-refractivity contribution in [3.63, 3.8) is 0 Å². The Morgan fingerprint density at radius 2 is 1.87 bits per heavy atom. The van der Waals surface area contributed by atoms with Crippen molar-refractivity contribution in [1.82, 2.24) is 0 Å². The largest absolute Gasteiger partial charge is 0.507 e. The smallest absolute Gasteiger partial charge is 0.338 e. The van der Waals surface area contributed by atoms with E-state index in [-0.39, 0.29) is 29.2 Å². The van der Waals surface area contributed by atoms with E-state index in [0.29, 0.717) is 10.6 Å². The van der Waals surface area contributed by atoms with Crippen molar-refractivity contribution in [1.29, 1.82) is 0 Å². The van der Waals surface area contributed by atoms with Crippen LogP contribution in [-0.2, 0) is 14.3 Å². The van der Waals surface area contributed by atoms with Gasteiger partial charge in [-0.1, -0.05) is 23.3 Å². The topological polar surface area (TPSA) is 72.8 Å². The number of hydrogen-bond acceptors (Lipinski definition) is 5. The van der Waals surface area contributed by atoms with Gasteiger partial charge in [0.25, 0.3) is 0 Å². The fourth-order valence-corrected chi connectivity index (χ4v) is 4.10. The van der Waals surface area contributed by atoms with Gasteiger partial charge in [-0.25, -0.2) is 4.79 Å². The minimum atomic E-state index is -0.664. The number of ketones is 1. The molecule has 30 heavy (non-hydrogen) atoms. The molecule has 0 aromatic heterocycles. The molecule has 2 rings (SSSR count). The predicted molar refractivity (Wildman–Crippen MR) is 118 cm³/mol. The molecule has 1 aliphatic carbocycles. The van der Waals surface area contributed by atoms with Crippen LogP contribution in [0.1, 0.15) is 51.9 Å². The number of esters is 1. The van der Waals surface area contributed by atoms with Gasteiger partial charge < -0.3 is 14.6 Å². The Hall–Kier alpha value is -2.37. The van der Waals surface area contributed by atoms with Crippen LogP contribution in [0.15, 0.2) is 52.6 Å². The minimum absolute atomic E-state index is 0.163. The molecule has 0 saturated carbocycles. The van der Waals surface area contributed by atoms with E-state index >= 15 is 0 Å². The van der Waals surface area contributed by atoms with Gasteiger partial charge in [-0.2, -0.15) is 0 Å². The van der Waals surface area contributed by atoms with Gasteiger partial charge in [0.1, 0.15) is 5.75 Å². The molecule has 1 aromatic rings. The second kappa shape index (κ2) is 9.19. The average molecular weight is 433 g/mol. The summed E-state index contributed by atoms with van der Waals surface area (Å²) in [5, 5.41) is 10.4. The fourth-order valence-electron chi connectivity index (χ4n) is 3.94. The summed E-state index contributed by atoms with van der Waals surface area (Å²) in [6.45, 7) is 11.2. The third kappa shape index (κ3) is 4.52. The van der Waals surface area contributed by atoms with Crippen molar-refractivity contribution in [3.05, 3.63) is 63.2 Å². The number of allylic oxidation sites excluding steroid dienone is 1. The zero-order valence-electron chi connectivity index (χ0n) is 18.5. The van der Waals surface area contributed by atoms with Crippen molar-refractivity contribution in [2.75, 3.05) is 7.11 Å². The molecule has 0 spiro atoms. The molecule has 2 atom stereocenters. The Balaban J connectivity index is 2.47. The van der Waals surface area contributed by atoms with Crippen LogP contribution in [0.5, 0.6) is 5.75 Å². The van der Waals surface area contributed by atoms with Crippen molar-refractivity contribution in [3.8, 4) is 5.75 Å². The van der Waals surface area contributed by atoms with Gasteiger partial charge in [-0.05, 0) is 77.0 Å².